The molecule has 1 aliphatic rings. The van der Waals surface area contributed by atoms with Crippen LogP contribution in [0.2, 0.25) is 0 Å². The highest BCUT2D eigenvalue weighted by Crippen LogP contribution is 2.17. The number of Topliss-reactive ketones (excluding diaryl/α,β-unsaturated/α-hetero) is 1. The number of amides is 1. The molecule has 20 heavy (non-hydrogen) atoms. The van der Waals surface area contributed by atoms with Crippen molar-refractivity contribution in [2.24, 2.45) is 5.92 Å². The van der Waals surface area contributed by atoms with Crippen molar-refractivity contribution in [1.82, 2.24) is 4.90 Å². The number of nitrogens with one attached hydrogen (secondary N) is 1. The van der Waals surface area contributed by atoms with Gasteiger partial charge in [-0.25, -0.2) is 0 Å². The van der Waals surface area contributed by atoms with Crippen LogP contribution in [0.15, 0.2) is 28.7 Å². The number of hydrogen-bond donors (Lipinski definition) is 1. The van der Waals surface area contributed by atoms with Gasteiger partial charge in [0.05, 0.1) is 6.54 Å². The number of carbonyl (C=O) groups excluding carboxylic acids is 2. The number of ketones is 1. The zero-order valence-electron chi connectivity index (χ0n) is 11.6. The third kappa shape index (κ3) is 4.42. The molecule has 1 heterocycles. The maximum absolute atomic E-state index is 12.0. The minimum atomic E-state index is -0.0310. The molecule has 0 bridgehead atoms. The van der Waals surface area contributed by atoms with E-state index in [4.69, 9.17) is 0 Å². The minimum absolute atomic E-state index is 0.0310. The molecule has 0 radical (unpaired) electrons. The molecule has 0 aliphatic carbocycles. The summed E-state index contributed by atoms with van der Waals surface area (Å²) in [5.74, 6) is 0.281. The van der Waals surface area contributed by atoms with Gasteiger partial charge in [-0.15, -0.1) is 0 Å². The topological polar surface area (TPSA) is 49.4 Å². The van der Waals surface area contributed by atoms with E-state index in [-0.39, 0.29) is 17.6 Å². The van der Waals surface area contributed by atoms with Gasteiger partial charge in [-0.3, -0.25) is 14.5 Å². The molecule has 1 amide bonds. The normalized spacial score (nSPS) is 19.6. The van der Waals surface area contributed by atoms with E-state index in [0.717, 1.165) is 29.5 Å². The number of hydrogen-bond acceptors (Lipinski definition) is 3. The molecular weight excluding hydrogens is 320 g/mol. The van der Waals surface area contributed by atoms with E-state index in [2.05, 4.69) is 26.1 Å². The SMILES string of the molecule is CC(=O)C1CCCN(CC(=O)Nc2ccc(Br)cc2)C1. The molecular formula is C15H19BrN2O2. The van der Waals surface area contributed by atoms with Crippen molar-refractivity contribution in [3.8, 4) is 0 Å². The quantitative estimate of drug-likeness (QED) is 0.918. The van der Waals surface area contributed by atoms with Gasteiger partial charge in [-0.1, -0.05) is 15.9 Å². The Labute approximate surface area is 127 Å². The molecule has 1 fully saturated rings. The second-order valence-electron chi connectivity index (χ2n) is 5.24. The van der Waals surface area contributed by atoms with Gasteiger partial charge in [0.25, 0.3) is 0 Å². The van der Waals surface area contributed by atoms with Crippen LogP contribution in [0.1, 0.15) is 19.8 Å². The van der Waals surface area contributed by atoms with Crippen LogP contribution in [0, 0.1) is 5.92 Å². The Balaban J connectivity index is 1.85. The molecule has 5 heteroatoms. The number of rotatable bonds is 4. The first-order valence-corrected chi connectivity index (χ1v) is 7.62. The fourth-order valence-electron chi connectivity index (χ4n) is 2.47. The van der Waals surface area contributed by atoms with Gasteiger partial charge in [0.1, 0.15) is 5.78 Å². The highest BCUT2D eigenvalue weighted by molar-refractivity contribution is 9.10. The lowest BCUT2D eigenvalue weighted by molar-refractivity contribution is -0.124. The maximum atomic E-state index is 12.0. The summed E-state index contributed by atoms with van der Waals surface area (Å²) in [6.07, 6.45) is 1.93. The standard InChI is InChI=1S/C15H19BrN2O2/c1-11(19)12-3-2-8-18(9-12)10-15(20)17-14-6-4-13(16)5-7-14/h4-7,12H,2-3,8-10H2,1H3,(H,17,20). The average Bonchev–Trinajstić information content (AvgIpc) is 2.41. The summed E-state index contributed by atoms with van der Waals surface area (Å²) in [6.45, 7) is 3.57. The van der Waals surface area contributed by atoms with Crippen LogP contribution in [-0.2, 0) is 9.59 Å². The smallest absolute Gasteiger partial charge is 0.238 e. The zero-order valence-corrected chi connectivity index (χ0v) is 13.1. The molecule has 0 saturated carbocycles. The summed E-state index contributed by atoms with van der Waals surface area (Å²) < 4.78 is 0.982. The summed E-state index contributed by atoms with van der Waals surface area (Å²) in [4.78, 5) is 25.5. The molecule has 4 nitrogen and oxygen atoms in total. The first-order valence-electron chi connectivity index (χ1n) is 6.83. The molecule has 2 rings (SSSR count). The maximum Gasteiger partial charge on any atom is 0.238 e. The molecule has 1 aliphatic heterocycles. The second-order valence-corrected chi connectivity index (χ2v) is 6.16. The van der Waals surface area contributed by atoms with Crippen molar-refractivity contribution in [1.29, 1.82) is 0 Å². The molecule has 1 aromatic carbocycles. The second kappa shape index (κ2) is 6.99. The fraction of sp³-hybridized carbons (Fsp3) is 0.467. The molecule has 108 valence electrons. The van der Waals surface area contributed by atoms with Crippen LogP contribution in [0.4, 0.5) is 5.69 Å². The van der Waals surface area contributed by atoms with Crippen LogP contribution < -0.4 is 5.32 Å². The van der Waals surface area contributed by atoms with Gasteiger partial charge >= 0.3 is 0 Å². The van der Waals surface area contributed by atoms with E-state index < -0.39 is 0 Å². The summed E-state index contributed by atoms with van der Waals surface area (Å²) in [6, 6.07) is 7.50. The van der Waals surface area contributed by atoms with Gasteiger partial charge in [0.15, 0.2) is 0 Å². The summed E-state index contributed by atoms with van der Waals surface area (Å²) in [5.41, 5.74) is 0.790. The van der Waals surface area contributed by atoms with Gasteiger partial charge in [0.2, 0.25) is 5.91 Å². The summed E-state index contributed by atoms with van der Waals surface area (Å²) in [5, 5.41) is 2.87. The van der Waals surface area contributed by atoms with E-state index in [0.29, 0.717) is 13.1 Å². The Morgan fingerprint density at radius 1 is 1.35 bits per heavy atom. The summed E-state index contributed by atoms with van der Waals surface area (Å²) >= 11 is 3.36. The van der Waals surface area contributed by atoms with E-state index in [1.807, 2.05) is 24.3 Å². The van der Waals surface area contributed by atoms with Gasteiger partial charge in [0, 0.05) is 22.6 Å². The first kappa shape index (κ1) is 15.2. The number of anilines is 1. The minimum Gasteiger partial charge on any atom is -0.325 e. The Morgan fingerprint density at radius 3 is 2.70 bits per heavy atom. The van der Waals surface area contributed by atoms with E-state index in [9.17, 15) is 9.59 Å². The third-order valence-electron chi connectivity index (χ3n) is 3.58. The molecule has 1 aromatic rings. The Kier molecular flexibility index (Phi) is 5.31. The van der Waals surface area contributed by atoms with Crippen LogP contribution >= 0.6 is 15.9 Å². The predicted molar refractivity (Wildman–Crippen MR) is 82.6 cm³/mol. The monoisotopic (exact) mass is 338 g/mol. The number of piperidine rings is 1. The van der Waals surface area contributed by atoms with E-state index in [1.54, 1.807) is 6.92 Å². The molecule has 1 unspecified atom stereocenters. The van der Waals surface area contributed by atoms with Crippen molar-refractivity contribution in [2.45, 2.75) is 19.8 Å². The lowest BCUT2D eigenvalue weighted by atomic mass is 9.95. The highest BCUT2D eigenvalue weighted by Gasteiger charge is 2.24. The van der Waals surface area contributed by atoms with Gasteiger partial charge in [-0.2, -0.15) is 0 Å². The summed E-state index contributed by atoms with van der Waals surface area (Å²) in [7, 11) is 0. The van der Waals surface area contributed by atoms with Crippen LogP contribution in [-0.4, -0.2) is 36.2 Å². The predicted octanol–water partition coefficient (Wildman–Crippen LogP) is 2.69. The molecule has 1 N–H and O–H groups in total. The molecule has 0 spiro atoms. The average molecular weight is 339 g/mol. The van der Waals surface area contributed by atoms with E-state index in [1.165, 1.54) is 0 Å². The van der Waals surface area contributed by atoms with Crippen LogP contribution in [0.25, 0.3) is 0 Å². The fourth-order valence-corrected chi connectivity index (χ4v) is 2.73. The first-order chi connectivity index (χ1) is 9.54. The van der Waals surface area contributed by atoms with Crippen molar-refractivity contribution >= 4 is 33.3 Å². The van der Waals surface area contributed by atoms with Gasteiger partial charge < -0.3 is 5.32 Å². The Morgan fingerprint density at radius 2 is 2.05 bits per heavy atom. The Bertz CT molecular complexity index is 487. The van der Waals surface area contributed by atoms with Crippen LogP contribution in [0.3, 0.4) is 0 Å². The molecule has 0 aromatic heterocycles. The van der Waals surface area contributed by atoms with Crippen LogP contribution in [0.5, 0.6) is 0 Å². The molecule has 1 saturated heterocycles. The van der Waals surface area contributed by atoms with Crippen molar-refractivity contribution in [2.75, 3.05) is 25.0 Å². The molecule has 1 atom stereocenters. The van der Waals surface area contributed by atoms with E-state index >= 15 is 0 Å². The Hall–Kier alpha value is -1.20. The number of benzene rings is 1. The lowest BCUT2D eigenvalue weighted by Gasteiger charge is -2.30. The number of likely N-dealkylation sites (tertiary alicyclic amines) is 1. The number of nitrogens with zero attached hydrogens (tertiary/aromatic N) is 1. The number of carbonyl (C=O) groups is 2. The lowest BCUT2D eigenvalue weighted by Crippen LogP contribution is -2.42. The zero-order chi connectivity index (χ0) is 14.5. The van der Waals surface area contributed by atoms with Gasteiger partial charge in [-0.05, 0) is 50.6 Å². The van der Waals surface area contributed by atoms with Crippen molar-refractivity contribution in [3.05, 3.63) is 28.7 Å². The number of halogens is 1. The third-order valence-corrected chi connectivity index (χ3v) is 4.10. The highest BCUT2D eigenvalue weighted by atomic mass is 79.9. The van der Waals surface area contributed by atoms with Crippen molar-refractivity contribution in [3.63, 3.8) is 0 Å². The largest absolute Gasteiger partial charge is 0.325 e. The van der Waals surface area contributed by atoms with Crippen molar-refractivity contribution < 1.29 is 9.59 Å².